The molecule has 0 spiro atoms. The van der Waals surface area contributed by atoms with Gasteiger partial charge in [0, 0.05) is 10.0 Å². The van der Waals surface area contributed by atoms with Crippen LogP contribution in [0.3, 0.4) is 0 Å². The molecule has 0 saturated heterocycles. The number of nitrogens with two attached hydrogens (primary N) is 1. The smallest absolute Gasteiger partial charge is 0.290 e. The highest BCUT2D eigenvalue weighted by atomic mass is 79.9. The lowest BCUT2D eigenvalue weighted by Gasteiger charge is -2.44. The summed E-state index contributed by atoms with van der Waals surface area (Å²) in [6, 6.07) is 6.20. The Labute approximate surface area is 95.8 Å². The first-order valence-corrected chi connectivity index (χ1v) is 5.68. The number of rotatable bonds is 2. The Morgan fingerprint density at radius 2 is 2.00 bits per heavy atom. The minimum Gasteiger partial charge on any atom is -0.320 e. The van der Waals surface area contributed by atoms with Crippen LogP contribution in [0, 0.1) is 0 Å². The first-order valence-electron chi connectivity index (χ1n) is 4.88. The SMILES string of the molecule is NC1(C(F)(F)c2cccc(Br)c2)CCC1. The second-order valence-electron chi connectivity index (χ2n) is 4.09. The first-order chi connectivity index (χ1) is 6.96. The standard InChI is InChI=1S/C11H12BrF2N/c12-9-4-1-3-8(7-9)11(13,14)10(15)5-2-6-10/h1,3-4,7H,2,5-6,15H2. The van der Waals surface area contributed by atoms with Crippen LogP contribution in [-0.4, -0.2) is 5.54 Å². The largest absolute Gasteiger partial charge is 0.320 e. The molecule has 0 amide bonds. The summed E-state index contributed by atoms with van der Waals surface area (Å²) in [6.07, 6.45) is 1.58. The number of halogens is 3. The molecule has 2 rings (SSSR count). The van der Waals surface area contributed by atoms with E-state index in [-0.39, 0.29) is 5.56 Å². The lowest BCUT2D eigenvalue weighted by atomic mass is 9.71. The van der Waals surface area contributed by atoms with Crippen molar-refractivity contribution in [2.75, 3.05) is 0 Å². The summed E-state index contributed by atoms with van der Waals surface area (Å²) >= 11 is 3.19. The first kappa shape index (κ1) is 11.0. The summed E-state index contributed by atoms with van der Waals surface area (Å²) in [6.45, 7) is 0. The monoisotopic (exact) mass is 275 g/mol. The number of alkyl halides is 2. The van der Waals surface area contributed by atoms with Crippen LogP contribution in [0.15, 0.2) is 28.7 Å². The van der Waals surface area contributed by atoms with Crippen LogP contribution in [0.4, 0.5) is 8.78 Å². The van der Waals surface area contributed by atoms with Gasteiger partial charge in [-0.1, -0.05) is 28.1 Å². The molecule has 0 heterocycles. The maximum absolute atomic E-state index is 14.0. The van der Waals surface area contributed by atoms with E-state index in [0.717, 1.165) is 6.42 Å². The highest BCUT2D eigenvalue weighted by Crippen LogP contribution is 2.48. The number of benzene rings is 1. The summed E-state index contributed by atoms with van der Waals surface area (Å²) < 4.78 is 28.7. The predicted octanol–water partition coefficient (Wildman–Crippen LogP) is 3.42. The fourth-order valence-corrected chi connectivity index (χ4v) is 2.24. The Balaban J connectivity index is 2.36. The van der Waals surface area contributed by atoms with Crippen molar-refractivity contribution in [3.63, 3.8) is 0 Å². The van der Waals surface area contributed by atoms with Crippen molar-refractivity contribution >= 4 is 15.9 Å². The topological polar surface area (TPSA) is 26.0 Å². The van der Waals surface area contributed by atoms with Crippen molar-refractivity contribution in [1.29, 1.82) is 0 Å². The molecule has 1 nitrogen and oxygen atoms in total. The molecule has 15 heavy (non-hydrogen) atoms. The average Bonchev–Trinajstić information content (AvgIpc) is 2.14. The Morgan fingerprint density at radius 3 is 2.47 bits per heavy atom. The van der Waals surface area contributed by atoms with E-state index in [4.69, 9.17) is 5.73 Å². The zero-order valence-corrected chi connectivity index (χ0v) is 9.73. The van der Waals surface area contributed by atoms with E-state index < -0.39 is 11.5 Å². The Hall–Kier alpha value is -0.480. The molecular formula is C11H12BrF2N. The van der Waals surface area contributed by atoms with Crippen molar-refractivity contribution in [1.82, 2.24) is 0 Å². The summed E-state index contributed by atoms with van der Waals surface area (Å²) in [5.74, 6) is -2.94. The molecule has 82 valence electrons. The quantitative estimate of drug-likeness (QED) is 0.880. The van der Waals surface area contributed by atoms with Gasteiger partial charge in [-0.2, -0.15) is 8.78 Å². The second kappa shape index (κ2) is 3.52. The molecule has 1 saturated carbocycles. The highest BCUT2D eigenvalue weighted by molar-refractivity contribution is 9.10. The minimum absolute atomic E-state index is 0.000856. The third-order valence-electron chi connectivity index (χ3n) is 3.06. The Bertz CT molecular complexity index is 375. The molecule has 0 aromatic heterocycles. The third-order valence-corrected chi connectivity index (χ3v) is 3.55. The van der Waals surface area contributed by atoms with Crippen molar-refractivity contribution < 1.29 is 8.78 Å². The number of hydrogen-bond donors (Lipinski definition) is 1. The molecule has 1 aromatic carbocycles. The summed E-state index contributed by atoms with van der Waals surface area (Å²) in [5.41, 5.74) is 4.36. The zero-order valence-electron chi connectivity index (χ0n) is 8.14. The summed E-state index contributed by atoms with van der Waals surface area (Å²) in [7, 11) is 0. The van der Waals surface area contributed by atoms with Gasteiger partial charge >= 0.3 is 0 Å². The lowest BCUT2D eigenvalue weighted by Crippen LogP contribution is -2.58. The summed E-state index contributed by atoms with van der Waals surface area (Å²) in [5, 5.41) is 0. The average molecular weight is 276 g/mol. The predicted molar refractivity (Wildman–Crippen MR) is 58.8 cm³/mol. The van der Waals surface area contributed by atoms with Gasteiger partial charge in [-0.05, 0) is 31.4 Å². The van der Waals surface area contributed by atoms with Gasteiger partial charge in [-0.3, -0.25) is 0 Å². The van der Waals surface area contributed by atoms with E-state index in [1.165, 1.54) is 12.1 Å². The molecule has 0 aliphatic heterocycles. The van der Waals surface area contributed by atoms with E-state index in [2.05, 4.69) is 15.9 Å². The van der Waals surface area contributed by atoms with Crippen LogP contribution in [0.25, 0.3) is 0 Å². The third kappa shape index (κ3) is 1.70. The van der Waals surface area contributed by atoms with E-state index in [0.29, 0.717) is 17.3 Å². The van der Waals surface area contributed by atoms with Crippen molar-refractivity contribution in [2.24, 2.45) is 5.73 Å². The van der Waals surface area contributed by atoms with E-state index in [1.807, 2.05) is 0 Å². The lowest BCUT2D eigenvalue weighted by molar-refractivity contribution is -0.113. The maximum atomic E-state index is 14.0. The van der Waals surface area contributed by atoms with Gasteiger partial charge in [0.05, 0.1) is 5.54 Å². The normalized spacial score (nSPS) is 19.7. The Kier molecular flexibility index (Phi) is 2.59. The van der Waals surface area contributed by atoms with E-state index >= 15 is 0 Å². The van der Waals surface area contributed by atoms with Crippen LogP contribution >= 0.6 is 15.9 Å². The van der Waals surface area contributed by atoms with Gasteiger partial charge < -0.3 is 5.73 Å². The van der Waals surface area contributed by atoms with Crippen LogP contribution in [-0.2, 0) is 5.92 Å². The van der Waals surface area contributed by atoms with Crippen LogP contribution in [0.1, 0.15) is 24.8 Å². The maximum Gasteiger partial charge on any atom is 0.290 e. The van der Waals surface area contributed by atoms with E-state index in [9.17, 15) is 8.78 Å². The minimum atomic E-state index is -2.94. The molecule has 0 radical (unpaired) electrons. The second-order valence-corrected chi connectivity index (χ2v) is 5.01. The fourth-order valence-electron chi connectivity index (χ4n) is 1.84. The van der Waals surface area contributed by atoms with Crippen LogP contribution < -0.4 is 5.73 Å². The van der Waals surface area contributed by atoms with Gasteiger partial charge in [0.25, 0.3) is 5.92 Å². The highest BCUT2D eigenvalue weighted by Gasteiger charge is 2.55. The molecule has 1 fully saturated rings. The van der Waals surface area contributed by atoms with Gasteiger partial charge in [0.1, 0.15) is 0 Å². The van der Waals surface area contributed by atoms with Crippen LogP contribution in [0.5, 0.6) is 0 Å². The van der Waals surface area contributed by atoms with Crippen molar-refractivity contribution in [3.05, 3.63) is 34.3 Å². The molecule has 0 unspecified atom stereocenters. The molecule has 1 aromatic rings. The van der Waals surface area contributed by atoms with Gasteiger partial charge in [0.2, 0.25) is 0 Å². The van der Waals surface area contributed by atoms with Crippen molar-refractivity contribution in [3.8, 4) is 0 Å². The fraction of sp³-hybridized carbons (Fsp3) is 0.455. The Morgan fingerprint density at radius 1 is 1.33 bits per heavy atom. The van der Waals surface area contributed by atoms with Gasteiger partial charge in [-0.25, -0.2) is 0 Å². The van der Waals surface area contributed by atoms with Gasteiger partial charge in [0.15, 0.2) is 0 Å². The molecule has 0 bridgehead atoms. The molecular weight excluding hydrogens is 264 g/mol. The molecule has 2 N–H and O–H groups in total. The summed E-state index contributed by atoms with van der Waals surface area (Å²) in [4.78, 5) is 0. The van der Waals surface area contributed by atoms with Crippen molar-refractivity contribution in [2.45, 2.75) is 30.7 Å². The van der Waals surface area contributed by atoms with E-state index in [1.54, 1.807) is 12.1 Å². The molecule has 1 aliphatic carbocycles. The molecule has 1 aliphatic rings. The molecule has 0 atom stereocenters. The zero-order chi connectivity index (χ0) is 11.1. The van der Waals surface area contributed by atoms with Crippen LogP contribution in [0.2, 0.25) is 0 Å². The molecule has 4 heteroatoms. The van der Waals surface area contributed by atoms with Gasteiger partial charge in [-0.15, -0.1) is 0 Å². The number of hydrogen-bond acceptors (Lipinski definition) is 1.